The number of carbonyl (C=O) groups excluding carboxylic acids is 1. The average molecular weight is 411 g/mol. The van der Waals surface area contributed by atoms with Crippen LogP contribution in [0.3, 0.4) is 0 Å². The molecule has 0 radical (unpaired) electrons. The maximum atomic E-state index is 12.2. The largest absolute Gasteiger partial charge is 0.449 e. The van der Waals surface area contributed by atoms with Crippen LogP contribution in [0.2, 0.25) is 0 Å². The maximum absolute atomic E-state index is 12.2. The predicted octanol–water partition coefficient (Wildman–Crippen LogP) is 5.17. The maximum Gasteiger partial charge on any atom is 0.407 e. The number of nitrogens with one attached hydrogen (secondary N) is 1. The van der Waals surface area contributed by atoms with E-state index in [4.69, 9.17) is 10.5 Å². The first-order valence-electron chi connectivity index (χ1n) is 10.5. The van der Waals surface area contributed by atoms with Crippen molar-refractivity contribution in [3.63, 3.8) is 0 Å². The Morgan fingerprint density at radius 3 is 2.19 bits per heavy atom. The molecule has 0 spiro atoms. The SMILES string of the molecule is Cc1cc(C#CCCNC(=O)OCC2c3ccccc3-c3ccccc32)cc(C)c1N. The van der Waals surface area contributed by atoms with Gasteiger partial charge in [0.25, 0.3) is 0 Å². The van der Waals surface area contributed by atoms with Crippen LogP contribution in [0.5, 0.6) is 0 Å². The van der Waals surface area contributed by atoms with E-state index in [0.717, 1.165) is 22.4 Å². The van der Waals surface area contributed by atoms with Crippen LogP contribution in [0.15, 0.2) is 60.7 Å². The van der Waals surface area contributed by atoms with Gasteiger partial charge in [0, 0.05) is 30.1 Å². The summed E-state index contributed by atoms with van der Waals surface area (Å²) in [5.74, 6) is 6.29. The molecule has 4 rings (SSSR count). The number of nitrogens with two attached hydrogens (primary N) is 1. The first kappa shape index (κ1) is 20.6. The Kier molecular flexibility index (Phi) is 5.95. The molecule has 3 aromatic carbocycles. The fourth-order valence-corrected chi connectivity index (χ4v) is 4.09. The molecule has 0 fully saturated rings. The molecule has 1 aliphatic rings. The lowest BCUT2D eigenvalue weighted by Gasteiger charge is -2.14. The normalized spacial score (nSPS) is 11.8. The summed E-state index contributed by atoms with van der Waals surface area (Å²) in [6.45, 7) is 4.71. The van der Waals surface area contributed by atoms with Gasteiger partial charge in [0.1, 0.15) is 6.61 Å². The van der Waals surface area contributed by atoms with Crippen molar-refractivity contribution in [2.75, 3.05) is 18.9 Å². The molecular weight excluding hydrogens is 384 g/mol. The number of hydrogen-bond donors (Lipinski definition) is 2. The summed E-state index contributed by atoms with van der Waals surface area (Å²) in [4.78, 5) is 12.2. The van der Waals surface area contributed by atoms with Crippen molar-refractivity contribution in [3.8, 4) is 23.0 Å². The monoisotopic (exact) mass is 410 g/mol. The highest BCUT2D eigenvalue weighted by Gasteiger charge is 2.28. The molecule has 4 heteroatoms. The molecule has 0 bridgehead atoms. The van der Waals surface area contributed by atoms with Crippen LogP contribution in [0.1, 0.15) is 40.2 Å². The van der Waals surface area contributed by atoms with Crippen LogP contribution in [0.25, 0.3) is 11.1 Å². The first-order chi connectivity index (χ1) is 15.0. The summed E-state index contributed by atoms with van der Waals surface area (Å²) in [6.07, 6.45) is 0.134. The molecule has 3 N–H and O–H groups in total. The van der Waals surface area contributed by atoms with Crippen LogP contribution >= 0.6 is 0 Å². The summed E-state index contributed by atoms with van der Waals surface area (Å²) in [5, 5.41) is 2.79. The Morgan fingerprint density at radius 2 is 1.58 bits per heavy atom. The van der Waals surface area contributed by atoms with Gasteiger partial charge in [-0.05, 0) is 59.4 Å². The minimum atomic E-state index is -0.414. The number of fused-ring (bicyclic) bond motifs is 3. The molecule has 4 nitrogen and oxygen atoms in total. The Bertz CT molecular complexity index is 1120. The lowest BCUT2D eigenvalue weighted by Crippen LogP contribution is -2.26. The third-order valence-corrected chi connectivity index (χ3v) is 5.69. The van der Waals surface area contributed by atoms with Gasteiger partial charge in [0.2, 0.25) is 0 Å². The summed E-state index contributed by atoms with van der Waals surface area (Å²) in [5.41, 5.74) is 14.6. The summed E-state index contributed by atoms with van der Waals surface area (Å²) < 4.78 is 5.54. The topological polar surface area (TPSA) is 64.3 Å². The zero-order valence-electron chi connectivity index (χ0n) is 17.9. The van der Waals surface area contributed by atoms with Gasteiger partial charge < -0.3 is 15.8 Å². The molecule has 0 aliphatic heterocycles. The highest BCUT2D eigenvalue weighted by molar-refractivity contribution is 5.79. The summed E-state index contributed by atoms with van der Waals surface area (Å²) >= 11 is 0. The van der Waals surface area contributed by atoms with E-state index >= 15 is 0 Å². The number of carbonyl (C=O) groups is 1. The van der Waals surface area contributed by atoms with Crippen molar-refractivity contribution in [3.05, 3.63) is 88.5 Å². The Hall–Kier alpha value is -3.71. The number of amides is 1. The van der Waals surface area contributed by atoms with Crippen molar-refractivity contribution >= 4 is 11.8 Å². The fraction of sp³-hybridized carbons (Fsp3) is 0.222. The van der Waals surface area contributed by atoms with E-state index in [0.29, 0.717) is 19.6 Å². The Morgan fingerprint density at radius 1 is 1.00 bits per heavy atom. The molecule has 0 atom stereocenters. The molecular formula is C27H26N2O2. The van der Waals surface area contributed by atoms with Crippen molar-refractivity contribution < 1.29 is 9.53 Å². The Balaban J connectivity index is 1.29. The molecule has 1 amide bonds. The van der Waals surface area contributed by atoms with Crippen LogP contribution in [-0.4, -0.2) is 19.2 Å². The molecule has 0 unspecified atom stereocenters. The van der Waals surface area contributed by atoms with Crippen molar-refractivity contribution in [2.45, 2.75) is 26.2 Å². The zero-order valence-corrected chi connectivity index (χ0v) is 17.9. The molecule has 31 heavy (non-hydrogen) atoms. The highest BCUT2D eigenvalue weighted by Crippen LogP contribution is 2.44. The van der Waals surface area contributed by atoms with E-state index in [1.807, 2.05) is 50.2 Å². The van der Waals surface area contributed by atoms with Crippen LogP contribution < -0.4 is 11.1 Å². The standard InChI is InChI=1S/C27H26N2O2/c1-18-15-20(16-19(2)26(18)28)9-7-8-14-29-27(30)31-17-25-23-12-5-3-10-21(23)22-11-4-6-13-24(22)25/h3-6,10-13,15-16,25H,8,14,17,28H2,1-2H3,(H,29,30). The lowest BCUT2D eigenvalue weighted by atomic mass is 9.98. The van der Waals surface area contributed by atoms with Gasteiger partial charge in [-0.1, -0.05) is 60.4 Å². The van der Waals surface area contributed by atoms with E-state index in [1.54, 1.807) is 0 Å². The van der Waals surface area contributed by atoms with E-state index in [9.17, 15) is 4.79 Å². The van der Waals surface area contributed by atoms with Crippen LogP contribution in [0, 0.1) is 25.7 Å². The number of ether oxygens (including phenoxy) is 1. The third-order valence-electron chi connectivity index (χ3n) is 5.69. The van der Waals surface area contributed by atoms with Crippen molar-refractivity contribution in [2.24, 2.45) is 0 Å². The molecule has 156 valence electrons. The first-order valence-corrected chi connectivity index (χ1v) is 10.5. The smallest absolute Gasteiger partial charge is 0.407 e. The number of nitrogen functional groups attached to an aromatic ring is 1. The molecule has 0 saturated carbocycles. The van der Waals surface area contributed by atoms with Crippen LogP contribution in [0.4, 0.5) is 10.5 Å². The summed E-state index contributed by atoms with van der Waals surface area (Å²) in [7, 11) is 0. The molecule has 1 aliphatic carbocycles. The summed E-state index contributed by atoms with van der Waals surface area (Å²) in [6, 6.07) is 20.6. The van der Waals surface area contributed by atoms with Crippen molar-refractivity contribution in [1.29, 1.82) is 0 Å². The van der Waals surface area contributed by atoms with Crippen LogP contribution in [-0.2, 0) is 4.74 Å². The van der Waals surface area contributed by atoms with Gasteiger partial charge in [-0.15, -0.1) is 0 Å². The van der Waals surface area contributed by atoms with E-state index in [1.165, 1.54) is 22.3 Å². The molecule has 3 aromatic rings. The zero-order chi connectivity index (χ0) is 21.8. The fourth-order valence-electron chi connectivity index (χ4n) is 4.09. The second-order valence-corrected chi connectivity index (χ2v) is 7.83. The van der Waals surface area contributed by atoms with E-state index in [-0.39, 0.29) is 5.92 Å². The van der Waals surface area contributed by atoms with Gasteiger partial charge in [0.15, 0.2) is 0 Å². The van der Waals surface area contributed by atoms with E-state index in [2.05, 4.69) is 41.4 Å². The number of rotatable bonds is 4. The minimum Gasteiger partial charge on any atom is -0.449 e. The van der Waals surface area contributed by atoms with E-state index < -0.39 is 6.09 Å². The second-order valence-electron chi connectivity index (χ2n) is 7.83. The highest BCUT2D eigenvalue weighted by atomic mass is 16.5. The number of anilines is 1. The third kappa shape index (κ3) is 4.41. The van der Waals surface area contributed by atoms with Gasteiger partial charge in [0.05, 0.1) is 0 Å². The van der Waals surface area contributed by atoms with Crippen molar-refractivity contribution in [1.82, 2.24) is 5.32 Å². The second kappa shape index (κ2) is 8.97. The molecule has 0 aromatic heterocycles. The number of alkyl carbamates (subject to hydrolysis) is 1. The average Bonchev–Trinajstić information content (AvgIpc) is 3.09. The quantitative estimate of drug-likeness (QED) is 0.354. The van der Waals surface area contributed by atoms with Gasteiger partial charge in [-0.2, -0.15) is 0 Å². The molecule has 0 saturated heterocycles. The number of hydrogen-bond acceptors (Lipinski definition) is 3. The Labute approximate surface area is 183 Å². The predicted molar refractivity (Wildman–Crippen MR) is 125 cm³/mol. The minimum absolute atomic E-state index is 0.0648. The number of benzene rings is 3. The van der Waals surface area contributed by atoms with Gasteiger partial charge in [-0.3, -0.25) is 0 Å². The van der Waals surface area contributed by atoms with Gasteiger partial charge >= 0.3 is 6.09 Å². The number of aryl methyl sites for hydroxylation is 2. The van der Waals surface area contributed by atoms with Gasteiger partial charge in [-0.25, -0.2) is 4.79 Å². The molecule has 0 heterocycles. The lowest BCUT2D eigenvalue weighted by molar-refractivity contribution is 0.143.